The summed E-state index contributed by atoms with van der Waals surface area (Å²) in [5.74, 6) is -0.819. The molecule has 0 radical (unpaired) electrons. The molecule has 74 valence electrons. The Hall–Kier alpha value is -1.44. The summed E-state index contributed by atoms with van der Waals surface area (Å²) in [5.41, 5.74) is 0.446. The van der Waals surface area contributed by atoms with Crippen molar-refractivity contribution in [3.05, 3.63) is 42.0 Å². The molecule has 0 heterocycles. The van der Waals surface area contributed by atoms with Crippen LogP contribution in [0.3, 0.4) is 0 Å². The number of halogens is 1. The molecule has 14 heavy (non-hydrogen) atoms. The molecule has 1 rings (SSSR count). The van der Waals surface area contributed by atoms with Crippen LogP contribution in [0.2, 0.25) is 0 Å². The first kappa shape index (κ1) is 10.6. The number of allylic oxidation sites excluding steroid dienone is 1. The minimum absolute atomic E-state index is 0.163. The van der Waals surface area contributed by atoms with Gasteiger partial charge in [0.2, 0.25) is 0 Å². The molecule has 1 nitrogen and oxygen atoms in total. The fourth-order valence-corrected chi connectivity index (χ4v) is 0.972. The summed E-state index contributed by atoms with van der Waals surface area (Å²) < 4.78 is 13.4. The molecule has 0 unspecified atom stereocenters. The molecular formula is C12H13FO. The SMILES string of the molecule is CC(C)C(=O)/C=C(\F)c1ccccc1. The maximum Gasteiger partial charge on any atom is 0.161 e. The van der Waals surface area contributed by atoms with Gasteiger partial charge in [-0.25, -0.2) is 4.39 Å². The van der Waals surface area contributed by atoms with Crippen molar-refractivity contribution in [3.8, 4) is 0 Å². The smallest absolute Gasteiger partial charge is 0.161 e. The van der Waals surface area contributed by atoms with Crippen LogP contribution in [0.25, 0.3) is 5.83 Å². The van der Waals surface area contributed by atoms with Crippen LogP contribution >= 0.6 is 0 Å². The lowest BCUT2D eigenvalue weighted by atomic mass is 10.1. The Labute approximate surface area is 83.3 Å². The van der Waals surface area contributed by atoms with E-state index in [1.165, 1.54) is 0 Å². The molecule has 0 saturated heterocycles. The lowest BCUT2D eigenvalue weighted by Crippen LogP contribution is -2.02. The van der Waals surface area contributed by atoms with E-state index in [0.29, 0.717) is 5.56 Å². The van der Waals surface area contributed by atoms with Crippen LogP contribution in [-0.2, 0) is 4.79 Å². The van der Waals surface area contributed by atoms with E-state index in [-0.39, 0.29) is 11.7 Å². The van der Waals surface area contributed by atoms with Crippen LogP contribution in [0.1, 0.15) is 19.4 Å². The Morgan fingerprint density at radius 1 is 1.29 bits per heavy atom. The molecule has 1 aromatic rings. The number of benzene rings is 1. The van der Waals surface area contributed by atoms with Gasteiger partial charge in [-0.15, -0.1) is 0 Å². The molecule has 1 aromatic carbocycles. The second kappa shape index (κ2) is 4.70. The highest BCUT2D eigenvalue weighted by Gasteiger charge is 2.06. The summed E-state index contributed by atoms with van der Waals surface area (Å²) in [6.07, 6.45) is 1.06. The van der Waals surface area contributed by atoms with Gasteiger partial charge in [0.05, 0.1) is 0 Å². The fourth-order valence-electron chi connectivity index (χ4n) is 0.972. The quantitative estimate of drug-likeness (QED) is 0.672. The van der Waals surface area contributed by atoms with E-state index in [1.807, 2.05) is 0 Å². The van der Waals surface area contributed by atoms with E-state index >= 15 is 0 Å². The average molecular weight is 192 g/mol. The first-order chi connectivity index (χ1) is 6.61. The zero-order chi connectivity index (χ0) is 10.6. The highest BCUT2D eigenvalue weighted by Crippen LogP contribution is 2.15. The van der Waals surface area contributed by atoms with Crippen LogP contribution < -0.4 is 0 Å². The third-order valence-corrected chi connectivity index (χ3v) is 1.89. The van der Waals surface area contributed by atoms with Gasteiger partial charge in [0.1, 0.15) is 5.83 Å². The van der Waals surface area contributed by atoms with Crippen molar-refractivity contribution >= 4 is 11.6 Å². The predicted octanol–water partition coefficient (Wildman–Crippen LogP) is 3.22. The summed E-state index contributed by atoms with van der Waals surface area (Å²) in [7, 11) is 0. The fraction of sp³-hybridized carbons (Fsp3) is 0.250. The third kappa shape index (κ3) is 2.80. The molecule has 0 aromatic heterocycles. The van der Waals surface area contributed by atoms with Gasteiger partial charge in [-0.3, -0.25) is 4.79 Å². The van der Waals surface area contributed by atoms with Crippen molar-refractivity contribution in [1.82, 2.24) is 0 Å². The van der Waals surface area contributed by atoms with Gasteiger partial charge in [0.25, 0.3) is 0 Å². The number of ketones is 1. The van der Waals surface area contributed by atoms with Gasteiger partial charge in [-0.2, -0.15) is 0 Å². The van der Waals surface area contributed by atoms with Crippen LogP contribution in [0.4, 0.5) is 4.39 Å². The lowest BCUT2D eigenvalue weighted by molar-refractivity contribution is -0.117. The van der Waals surface area contributed by atoms with Crippen LogP contribution in [-0.4, -0.2) is 5.78 Å². The monoisotopic (exact) mass is 192 g/mol. The molecule has 0 atom stereocenters. The Bertz CT molecular complexity index is 339. The standard InChI is InChI=1S/C12H13FO/c1-9(2)12(14)8-11(13)10-6-4-3-5-7-10/h3-9H,1-2H3/b11-8-. The normalized spacial score (nSPS) is 11.9. The molecule has 0 fully saturated rings. The van der Waals surface area contributed by atoms with Crippen molar-refractivity contribution in [2.24, 2.45) is 5.92 Å². The third-order valence-electron chi connectivity index (χ3n) is 1.89. The highest BCUT2D eigenvalue weighted by molar-refractivity contribution is 5.96. The van der Waals surface area contributed by atoms with Crippen molar-refractivity contribution in [2.75, 3.05) is 0 Å². The van der Waals surface area contributed by atoms with E-state index in [9.17, 15) is 9.18 Å². The van der Waals surface area contributed by atoms with Gasteiger partial charge < -0.3 is 0 Å². The number of carbonyl (C=O) groups excluding carboxylic acids is 1. The number of rotatable bonds is 3. The largest absolute Gasteiger partial charge is 0.294 e. The van der Waals surface area contributed by atoms with E-state index < -0.39 is 5.83 Å². The molecule has 0 aliphatic carbocycles. The first-order valence-electron chi connectivity index (χ1n) is 4.57. The van der Waals surface area contributed by atoms with Crippen molar-refractivity contribution in [3.63, 3.8) is 0 Å². The van der Waals surface area contributed by atoms with E-state index in [4.69, 9.17) is 0 Å². The van der Waals surface area contributed by atoms with Crippen LogP contribution in [0.15, 0.2) is 36.4 Å². The van der Waals surface area contributed by atoms with Crippen molar-refractivity contribution in [1.29, 1.82) is 0 Å². The Morgan fingerprint density at radius 2 is 1.86 bits per heavy atom. The number of hydrogen-bond acceptors (Lipinski definition) is 1. The highest BCUT2D eigenvalue weighted by atomic mass is 19.1. The second-order valence-electron chi connectivity index (χ2n) is 3.42. The zero-order valence-corrected chi connectivity index (χ0v) is 8.33. The van der Waals surface area contributed by atoms with Crippen molar-refractivity contribution in [2.45, 2.75) is 13.8 Å². The van der Waals surface area contributed by atoms with Crippen molar-refractivity contribution < 1.29 is 9.18 Å². The maximum atomic E-state index is 13.4. The Morgan fingerprint density at radius 3 is 2.36 bits per heavy atom. The molecule has 0 amide bonds. The van der Waals surface area contributed by atoms with Crippen LogP contribution in [0.5, 0.6) is 0 Å². The van der Waals surface area contributed by atoms with Crippen LogP contribution in [0, 0.1) is 5.92 Å². The molecule has 0 aliphatic rings. The van der Waals surface area contributed by atoms with Gasteiger partial charge in [0.15, 0.2) is 5.78 Å². The number of hydrogen-bond donors (Lipinski definition) is 0. The summed E-state index contributed by atoms with van der Waals surface area (Å²) in [6.45, 7) is 3.49. The minimum atomic E-state index is -0.468. The summed E-state index contributed by atoms with van der Waals surface area (Å²) >= 11 is 0. The summed E-state index contributed by atoms with van der Waals surface area (Å²) in [5, 5.41) is 0. The van der Waals surface area contributed by atoms with E-state index in [0.717, 1.165) is 6.08 Å². The zero-order valence-electron chi connectivity index (χ0n) is 8.33. The minimum Gasteiger partial charge on any atom is -0.294 e. The molecule has 0 aliphatic heterocycles. The molecule has 0 saturated carbocycles. The van der Waals surface area contributed by atoms with Gasteiger partial charge >= 0.3 is 0 Å². The topological polar surface area (TPSA) is 17.1 Å². The average Bonchev–Trinajstić information content (AvgIpc) is 2.19. The van der Waals surface area contributed by atoms with Gasteiger partial charge in [-0.05, 0) is 0 Å². The molecule has 2 heteroatoms. The first-order valence-corrected chi connectivity index (χ1v) is 4.57. The Balaban J connectivity index is 2.85. The number of carbonyl (C=O) groups is 1. The summed E-state index contributed by atoms with van der Waals surface area (Å²) in [6, 6.07) is 8.56. The van der Waals surface area contributed by atoms with Gasteiger partial charge in [-0.1, -0.05) is 44.2 Å². The maximum absolute atomic E-state index is 13.4. The second-order valence-corrected chi connectivity index (χ2v) is 3.42. The molecule has 0 N–H and O–H groups in total. The molecule has 0 spiro atoms. The molecule has 0 bridgehead atoms. The Kier molecular flexibility index (Phi) is 3.57. The van der Waals surface area contributed by atoms with E-state index in [1.54, 1.807) is 44.2 Å². The molecular weight excluding hydrogens is 179 g/mol. The van der Waals surface area contributed by atoms with E-state index in [2.05, 4.69) is 0 Å². The summed E-state index contributed by atoms with van der Waals surface area (Å²) in [4.78, 5) is 11.2. The predicted molar refractivity (Wildman–Crippen MR) is 55.4 cm³/mol. The lowest BCUT2D eigenvalue weighted by Gasteiger charge is -1.99. The van der Waals surface area contributed by atoms with Gasteiger partial charge in [0, 0.05) is 17.6 Å².